The third kappa shape index (κ3) is 5.78. The second-order valence-electron chi connectivity index (χ2n) is 7.62. The van der Waals surface area contributed by atoms with E-state index in [1.54, 1.807) is 35.0 Å². The number of nitrogens with one attached hydrogen (secondary N) is 2. The van der Waals surface area contributed by atoms with E-state index >= 15 is 0 Å². The van der Waals surface area contributed by atoms with Gasteiger partial charge in [0.15, 0.2) is 5.82 Å². The van der Waals surface area contributed by atoms with Crippen LogP contribution in [0.1, 0.15) is 18.4 Å². The fraction of sp³-hybridized carbons (Fsp3) is 0.261. The van der Waals surface area contributed by atoms with Gasteiger partial charge in [-0.05, 0) is 30.2 Å². The number of hydrogen-bond acceptors (Lipinski definition) is 4. The smallest absolute Gasteiger partial charge is 0.367 e. The first-order valence-corrected chi connectivity index (χ1v) is 10.3. The first kappa shape index (κ1) is 22.5. The summed E-state index contributed by atoms with van der Waals surface area (Å²) in [5, 5.41) is 9.86. The van der Waals surface area contributed by atoms with Gasteiger partial charge in [-0.2, -0.15) is 13.2 Å². The van der Waals surface area contributed by atoms with Crippen LogP contribution in [0.15, 0.2) is 60.7 Å². The van der Waals surface area contributed by atoms with Gasteiger partial charge in [0, 0.05) is 18.1 Å². The van der Waals surface area contributed by atoms with Crippen LogP contribution in [0.5, 0.6) is 0 Å². The van der Waals surface area contributed by atoms with E-state index in [1.807, 2.05) is 30.3 Å². The van der Waals surface area contributed by atoms with Gasteiger partial charge in [-0.25, -0.2) is 4.68 Å². The van der Waals surface area contributed by atoms with Gasteiger partial charge in [0.2, 0.25) is 11.8 Å². The number of hydrogen-bond donors (Lipinski definition) is 2. The van der Waals surface area contributed by atoms with Crippen molar-refractivity contribution in [3.63, 3.8) is 0 Å². The molecule has 1 aromatic heterocycles. The molecule has 2 amide bonds. The number of rotatable bonds is 7. The Hall–Kier alpha value is -3.66. The van der Waals surface area contributed by atoms with Gasteiger partial charge < -0.3 is 15.4 Å². The van der Waals surface area contributed by atoms with Crippen LogP contribution in [0.4, 0.5) is 19.0 Å². The lowest BCUT2D eigenvalue weighted by molar-refractivity contribution is -0.176. The Morgan fingerprint density at radius 3 is 2.64 bits per heavy atom. The van der Waals surface area contributed by atoms with E-state index in [4.69, 9.17) is 4.74 Å². The molecule has 1 atom stereocenters. The van der Waals surface area contributed by atoms with Crippen molar-refractivity contribution in [3.8, 4) is 16.9 Å². The summed E-state index contributed by atoms with van der Waals surface area (Å²) in [5.74, 6) is -0.242. The van der Waals surface area contributed by atoms with Crippen molar-refractivity contribution in [2.75, 3.05) is 11.9 Å². The second-order valence-corrected chi connectivity index (χ2v) is 7.62. The summed E-state index contributed by atoms with van der Waals surface area (Å²) in [6, 6.07) is 17.2. The Labute approximate surface area is 187 Å². The molecule has 0 bridgehead atoms. The van der Waals surface area contributed by atoms with Crippen LogP contribution in [0.25, 0.3) is 16.9 Å². The molecule has 0 saturated carbocycles. The standard InChI is InChI=1S/C23H21F3N4O3/c24-23(25,26)14-33-13-15-5-4-6-16(11-15)19-12-20(28-22(32)18-9-10-21(31)27-18)29-30(19)17-7-2-1-3-8-17/h1-8,11-12,18H,9-10,13-14H2,(H,27,31)(H,28,29,32)/t18-/m1/s1. The molecule has 7 nitrogen and oxygen atoms in total. The molecule has 1 fully saturated rings. The molecule has 2 N–H and O–H groups in total. The highest BCUT2D eigenvalue weighted by molar-refractivity contribution is 5.98. The highest BCUT2D eigenvalue weighted by Gasteiger charge is 2.28. The molecule has 1 aliphatic rings. The summed E-state index contributed by atoms with van der Waals surface area (Å²) in [7, 11) is 0. The van der Waals surface area contributed by atoms with E-state index in [0.717, 1.165) is 5.69 Å². The zero-order valence-electron chi connectivity index (χ0n) is 17.4. The molecule has 1 aliphatic heterocycles. The van der Waals surface area contributed by atoms with Crippen LogP contribution in [-0.2, 0) is 20.9 Å². The number of carbonyl (C=O) groups is 2. The van der Waals surface area contributed by atoms with E-state index < -0.39 is 18.8 Å². The molecule has 0 aliphatic carbocycles. The van der Waals surface area contributed by atoms with Crippen molar-refractivity contribution >= 4 is 17.6 Å². The number of carbonyl (C=O) groups excluding carboxylic acids is 2. The van der Waals surface area contributed by atoms with Crippen molar-refractivity contribution in [3.05, 3.63) is 66.2 Å². The third-order valence-electron chi connectivity index (χ3n) is 5.03. The molecular weight excluding hydrogens is 437 g/mol. The summed E-state index contributed by atoms with van der Waals surface area (Å²) in [6.45, 7) is -1.52. The predicted octanol–water partition coefficient (Wildman–Crippen LogP) is 3.84. The number of amides is 2. The highest BCUT2D eigenvalue weighted by atomic mass is 19.4. The molecule has 0 radical (unpaired) electrons. The maximum Gasteiger partial charge on any atom is 0.411 e. The zero-order valence-corrected chi connectivity index (χ0v) is 17.4. The quantitative estimate of drug-likeness (QED) is 0.564. The maximum atomic E-state index is 12.5. The van der Waals surface area contributed by atoms with Gasteiger partial charge in [0.1, 0.15) is 12.6 Å². The molecule has 3 aromatic rings. The van der Waals surface area contributed by atoms with Crippen LogP contribution < -0.4 is 10.6 Å². The number of ether oxygens (including phenoxy) is 1. The zero-order chi connectivity index (χ0) is 23.4. The monoisotopic (exact) mass is 458 g/mol. The fourth-order valence-electron chi connectivity index (χ4n) is 3.54. The van der Waals surface area contributed by atoms with Crippen LogP contribution >= 0.6 is 0 Å². The number of para-hydroxylation sites is 1. The number of anilines is 1. The summed E-state index contributed by atoms with van der Waals surface area (Å²) < 4.78 is 43.6. The van der Waals surface area contributed by atoms with Gasteiger partial charge in [-0.3, -0.25) is 9.59 Å². The van der Waals surface area contributed by atoms with Gasteiger partial charge >= 0.3 is 6.18 Å². The van der Waals surface area contributed by atoms with E-state index in [2.05, 4.69) is 15.7 Å². The molecule has 0 spiro atoms. The average Bonchev–Trinajstić information content (AvgIpc) is 3.40. The second kappa shape index (κ2) is 9.45. The summed E-state index contributed by atoms with van der Waals surface area (Å²) in [5.41, 5.74) is 2.62. The lowest BCUT2D eigenvalue weighted by Gasteiger charge is -2.10. The fourth-order valence-corrected chi connectivity index (χ4v) is 3.54. The molecule has 33 heavy (non-hydrogen) atoms. The lowest BCUT2D eigenvalue weighted by Crippen LogP contribution is -2.37. The minimum absolute atomic E-state index is 0.171. The summed E-state index contributed by atoms with van der Waals surface area (Å²) >= 11 is 0. The summed E-state index contributed by atoms with van der Waals surface area (Å²) in [6.07, 6.45) is -3.68. The van der Waals surface area contributed by atoms with E-state index in [1.165, 1.54) is 0 Å². The highest BCUT2D eigenvalue weighted by Crippen LogP contribution is 2.27. The molecule has 2 heterocycles. The largest absolute Gasteiger partial charge is 0.411 e. The number of halogens is 3. The van der Waals surface area contributed by atoms with Gasteiger partial charge in [-0.15, -0.1) is 5.10 Å². The van der Waals surface area contributed by atoms with Crippen LogP contribution in [-0.4, -0.2) is 40.4 Å². The first-order valence-electron chi connectivity index (χ1n) is 10.3. The molecule has 1 saturated heterocycles. The first-order chi connectivity index (χ1) is 15.8. The van der Waals surface area contributed by atoms with E-state index in [0.29, 0.717) is 35.5 Å². The van der Waals surface area contributed by atoms with Gasteiger partial charge in [-0.1, -0.05) is 36.4 Å². The number of aromatic nitrogens is 2. The van der Waals surface area contributed by atoms with Crippen molar-refractivity contribution in [2.24, 2.45) is 0 Å². The minimum atomic E-state index is -4.39. The van der Waals surface area contributed by atoms with E-state index in [9.17, 15) is 22.8 Å². The lowest BCUT2D eigenvalue weighted by atomic mass is 10.1. The SMILES string of the molecule is O=C1CC[C@H](C(=O)Nc2cc(-c3cccc(COCC(F)(F)F)c3)n(-c3ccccc3)n2)N1. The normalized spacial score (nSPS) is 16.0. The Bertz CT molecular complexity index is 1150. The van der Waals surface area contributed by atoms with Crippen molar-refractivity contribution in [1.82, 2.24) is 15.1 Å². The topological polar surface area (TPSA) is 85.2 Å². The average molecular weight is 458 g/mol. The van der Waals surface area contributed by atoms with Crippen LogP contribution in [0.2, 0.25) is 0 Å². The van der Waals surface area contributed by atoms with Crippen LogP contribution in [0, 0.1) is 0 Å². The number of benzene rings is 2. The number of alkyl halides is 3. The Morgan fingerprint density at radius 1 is 1.15 bits per heavy atom. The van der Waals surface area contributed by atoms with Crippen molar-refractivity contribution < 1.29 is 27.5 Å². The molecule has 2 aromatic carbocycles. The van der Waals surface area contributed by atoms with Gasteiger partial charge in [0.25, 0.3) is 0 Å². The molecule has 4 rings (SSSR count). The van der Waals surface area contributed by atoms with Gasteiger partial charge in [0.05, 0.1) is 18.0 Å². The van der Waals surface area contributed by atoms with Crippen molar-refractivity contribution in [1.29, 1.82) is 0 Å². The maximum absolute atomic E-state index is 12.5. The Morgan fingerprint density at radius 2 is 1.94 bits per heavy atom. The van der Waals surface area contributed by atoms with Crippen molar-refractivity contribution in [2.45, 2.75) is 31.7 Å². The predicted molar refractivity (Wildman–Crippen MR) is 115 cm³/mol. The third-order valence-corrected chi connectivity index (χ3v) is 5.03. The number of nitrogens with zero attached hydrogens (tertiary/aromatic N) is 2. The summed E-state index contributed by atoms with van der Waals surface area (Å²) in [4.78, 5) is 23.9. The molecular formula is C23H21F3N4O3. The minimum Gasteiger partial charge on any atom is -0.367 e. The molecule has 10 heteroatoms. The van der Waals surface area contributed by atoms with Crippen LogP contribution in [0.3, 0.4) is 0 Å². The molecule has 0 unspecified atom stereocenters. The molecule has 172 valence electrons. The van der Waals surface area contributed by atoms with E-state index in [-0.39, 0.29) is 18.4 Å². The Kier molecular flexibility index (Phi) is 6.45. The Balaban J connectivity index is 1.61.